The van der Waals surface area contributed by atoms with E-state index in [9.17, 15) is 5.11 Å². The Hall–Kier alpha value is -1.14. The van der Waals surface area contributed by atoms with Gasteiger partial charge in [0.05, 0.1) is 19.8 Å². The molecule has 20 heavy (non-hydrogen) atoms. The second kappa shape index (κ2) is 7.59. The van der Waals surface area contributed by atoms with Gasteiger partial charge >= 0.3 is 0 Å². The molecule has 3 N–H and O–H groups in total. The largest absolute Gasteiger partial charge is 0.491 e. The van der Waals surface area contributed by atoms with Crippen LogP contribution in [0.4, 0.5) is 0 Å². The molecule has 1 unspecified atom stereocenters. The third kappa shape index (κ3) is 4.18. The van der Waals surface area contributed by atoms with Crippen LogP contribution in [0, 0.1) is 0 Å². The first-order valence-electron chi connectivity index (χ1n) is 6.96. The van der Waals surface area contributed by atoms with Crippen molar-refractivity contribution in [2.45, 2.75) is 25.0 Å². The summed E-state index contributed by atoms with van der Waals surface area (Å²) in [4.78, 5) is 0. The van der Waals surface area contributed by atoms with Crippen molar-refractivity contribution in [2.75, 3.05) is 33.5 Å². The highest BCUT2D eigenvalue weighted by Crippen LogP contribution is 2.31. The van der Waals surface area contributed by atoms with Gasteiger partial charge in [0.15, 0.2) is 0 Å². The highest BCUT2D eigenvalue weighted by Gasteiger charge is 2.19. The van der Waals surface area contributed by atoms with Crippen LogP contribution >= 0.6 is 0 Å². The lowest BCUT2D eigenvalue weighted by molar-refractivity contribution is -0.00420. The smallest absolute Gasteiger partial charge is 0.119 e. The van der Waals surface area contributed by atoms with E-state index in [4.69, 9.17) is 19.9 Å². The van der Waals surface area contributed by atoms with E-state index in [2.05, 4.69) is 0 Å². The summed E-state index contributed by atoms with van der Waals surface area (Å²) in [5.41, 5.74) is 8.45. The topological polar surface area (TPSA) is 73.9 Å². The first kappa shape index (κ1) is 15.3. The highest BCUT2D eigenvalue weighted by molar-refractivity contribution is 5.40. The van der Waals surface area contributed by atoms with Crippen LogP contribution in [0.3, 0.4) is 0 Å². The molecular weight excluding hydrogens is 258 g/mol. The fraction of sp³-hybridized carbons (Fsp3) is 0.600. The second-order valence-corrected chi connectivity index (χ2v) is 5.04. The molecule has 0 aromatic heterocycles. The molecule has 0 heterocycles. The number of hydrogen-bond donors (Lipinski definition) is 2. The van der Waals surface area contributed by atoms with E-state index in [1.165, 1.54) is 11.1 Å². The Morgan fingerprint density at radius 1 is 1.35 bits per heavy atom. The van der Waals surface area contributed by atoms with E-state index in [0.717, 1.165) is 18.6 Å². The van der Waals surface area contributed by atoms with Crippen molar-refractivity contribution < 1.29 is 19.3 Å². The number of aliphatic hydroxyl groups excluding tert-OH is 1. The second-order valence-electron chi connectivity index (χ2n) is 5.04. The van der Waals surface area contributed by atoms with Crippen molar-refractivity contribution in [3.8, 4) is 5.75 Å². The van der Waals surface area contributed by atoms with Crippen LogP contribution in [-0.4, -0.2) is 44.7 Å². The Morgan fingerprint density at radius 2 is 2.20 bits per heavy atom. The lowest BCUT2D eigenvalue weighted by Crippen LogP contribution is -2.24. The minimum atomic E-state index is -0.637. The highest BCUT2D eigenvalue weighted by atomic mass is 16.5. The lowest BCUT2D eigenvalue weighted by Gasteiger charge is -2.13. The minimum Gasteiger partial charge on any atom is -0.491 e. The van der Waals surface area contributed by atoms with Gasteiger partial charge in [0.2, 0.25) is 0 Å². The molecule has 5 heteroatoms. The summed E-state index contributed by atoms with van der Waals surface area (Å²) in [7, 11) is 1.61. The van der Waals surface area contributed by atoms with Crippen LogP contribution in [0.15, 0.2) is 18.2 Å². The molecule has 0 fully saturated rings. The van der Waals surface area contributed by atoms with Crippen LogP contribution < -0.4 is 10.5 Å². The molecule has 0 spiro atoms. The Kier molecular flexibility index (Phi) is 5.79. The zero-order chi connectivity index (χ0) is 14.4. The molecule has 112 valence electrons. The molecule has 1 aromatic rings. The summed E-state index contributed by atoms with van der Waals surface area (Å²) in [5, 5.41) is 9.73. The van der Waals surface area contributed by atoms with Crippen molar-refractivity contribution in [1.29, 1.82) is 0 Å². The van der Waals surface area contributed by atoms with Gasteiger partial charge < -0.3 is 25.1 Å². The zero-order valence-electron chi connectivity index (χ0n) is 11.9. The van der Waals surface area contributed by atoms with Crippen molar-refractivity contribution in [1.82, 2.24) is 0 Å². The summed E-state index contributed by atoms with van der Waals surface area (Å²) in [6.07, 6.45) is 1.35. The van der Waals surface area contributed by atoms with Crippen LogP contribution in [0.1, 0.15) is 23.6 Å². The summed E-state index contributed by atoms with van der Waals surface area (Å²) < 4.78 is 15.7. The molecular formula is C15H23NO4. The minimum absolute atomic E-state index is 0.152. The molecule has 2 atom stereocenters. The molecule has 0 amide bonds. The predicted octanol–water partition coefficient (Wildman–Crippen LogP) is 1.04. The van der Waals surface area contributed by atoms with Crippen molar-refractivity contribution >= 4 is 0 Å². The van der Waals surface area contributed by atoms with Crippen molar-refractivity contribution in [3.05, 3.63) is 29.3 Å². The number of ether oxygens (including phenoxy) is 3. The molecule has 1 aromatic carbocycles. The standard InChI is InChI=1S/C15H23NO4/c1-18-6-7-19-9-12(17)10-20-13-3-4-14-11(8-13)2-5-15(14)16/h3-4,8,12,15,17H,2,5-7,9-10,16H2,1H3/t12?,15-/m0/s1. The summed E-state index contributed by atoms with van der Waals surface area (Å²) >= 11 is 0. The number of rotatable bonds is 8. The van der Waals surface area contributed by atoms with E-state index in [1.54, 1.807) is 7.11 Å². The average molecular weight is 281 g/mol. The molecule has 0 bridgehead atoms. The summed E-state index contributed by atoms with van der Waals surface area (Å²) in [6, 6.07) is 6.09. The first-order chi connectivity index (χ1) is 9.70. The van der Waals surface area contributed by atoms with Gasteiger partial charge in [-0.1, -0.05) is 6.07 Å². The number of benzene rings is 1. The maximum absolute atomic E-state index is 9.73. The number of methoxy groups -OCH3 is 1. The molecule has 0 aliphatic heterocycles. The lowest BCUT2D eigenvalue weighted by atomic mass is 10.1. The van der Waals surface area contributed by atoms with Gasteiger partial charge in [-0.3, -0.25) is 0 Å². The fourth-order valence-electron chi connectivity index (χ4n) is 2.32. The SMILES string of the molecule is COCCOCC(O)COc1ccc2c(c1)CC[C@@H]2N. The van der Waals surface area contributed by atoms with E-state index in [-0.39, 0.29) is 19.3 Å². The van der Waals surface area contributed by atoms with E-state index in [1.807, 2.05) is 18.2 Å². The molecule has 1 aliphatic rings. The quantitative estimate of drug-likeness (QED) is 0.696. The predicted molar refractivity (Wildman–Crippen MR) is 75.9 cm³/mol. The summed E-state index contributed by atoms with van der Waals surface area (Å²) in [6.45, 7) is 1.47. The number of nitrogens with two attached hydrogens (primary N) is 1. The molecule has 0 saturated carbocycles. The van der Waals surface area contributed by atoms with Crippen LogP contribution in [0.5, 0.6) is 5.75 Å². The molecule has 5 nitrogen and oxygen atoms in total. The van der Waals surface area contributed by atoms with E-state index >= 15 is 0 Å². The van der Waals surface area contributed by atoms with Gasteiger partial charge in [-0.15, -0.1) is 0 Å². The monoisotopic (exact) mass is 281 g/mol. The van der Waals surface area contributed by atoms with Gasteiger partial charge in [-0.05, 0) is 36.1 Å². The fourth-order valence-corrected chi connectivity index (χ4v) is 2.32. The van der Waals surface area contributed by atoms with Crippen molar-refractivity contribution in [3.63, 3.8) is 0 Å². The number of aryl methyl sites for hydroxylation is 1. The Bertz CT molecular complexity index is 424. The van der Waals surface area contributed by atoms with E-state index in [0.29, 0.717) is 13.2 Å². The Labute approximate surface area is 119 Å². The maximum Gasteiger partial charge on any atom is 0.119 e. The Balaban J connectivity index is 1.74. The third-order valence-electron chi connectivity index (χ3n) is 3.42. The maximum atomic E-state index is 9.73. The number of fused-ring (bicyclic) bond motifs is 1. The van der Waals surface area contributed by atoms with Crippen LogP contribution in [0.2, 0.25) is 0 Å². The molecule has 1 aliphatic carbocycles. The zero-order valence-corrected chi connectivity index (χ0v) is 11.9. The first-order valence-corrected chi connectivity index (χ1v) is 6.96. The van der Waals surface area contributed by atoms with Gasteiger partial charge in [0.1, 0.15) is 18.5 Å². The van der Waals surface area contributed by atoms with Gasteiger partial charge in [0.25, 0.3) is 0 Å². The number of aliphatic hydroxyl groups is 1. The van der Waals surface area contributed by atoms with Gasteiger partial charge in [-0.2, -0.15) is 0 Å². The van der Waals surface area contributed by atoms with Gasteiger partial charge in [-0.25, -0.2) is 0 Å². The third-order valence-corrected chi connectivity index (χ3v) is 3.42. The normalized spacial score (nSPS) is 18.9. The summed E-state index contributed by atoms with van der Waals surface area (Å²) in [5.74, 6) is 0.772. The molecule has 2 rings (SSSR count). The molecule has 0 radical (unpaired) electrons. The Morgan fingerprint density at radius 3 is 3.00 bits per heavy atom. The molecule has 0 saturated heterocycles. The van der Waals surface area contributed by atoms with Crippen molar-refractivity contribution in [2.24, 2.45) is 5.73 Å². The van der Waals surface area contributed by atoms with E-state index < -0.39 is 6.10 Å². The van der Waals surface area contributed by atoms with Crippen LogP contribution in [-0.2, 0) is 15.9 Å². The average Bonchev–Trinajstić information content (AvgIpc) is 2.82. The van der Waals surface area contributed by atoms with Gasteiger partial charge in [0, 0.05) is 13.2 Å². The van der Waals surface area contributed by atoms with Crippen LogP contribution in [0.25, 0.3) is 0 Å². The number of hydrogen-bond acceptors (Lipinski definition) is 5.